The smallest absolute Gasteiger partial charge is 0.289 e. The van der Waals surface area contributed by atoms with Crippen molar-refractivity contribution in [3.8, 4) is 17.1 Å². The summed E-state index contributed by atoms with van der Waals surface area (Å²) in [5.41, 5.74) is 7.38. The van der Waals surface area contributed by atoms with E-state index in [0.717, 1.165) is 25.1 Å². The Bertz CT molecular complexity index is 728. The third-order valence-electron chi connectivity index (χ3n) is 4.50. The molecule has 1 aliphatic rings. The number of amides is 1. The molecule has 0 spiro atoms. The summed E-state index contributed by atoms with van der Waals surface area (Å²) in [6.07, 6.45) is 1.16. The van der Waals surface area contributed by atoms with Crippen molar-refractivity contribution in [3.05, 3.63) is 36.1 Å². The van der Waals surface area contributed by atoms with Crippen molar-refractivity contribution in [1.82, 2.24) is 4.90 Å². The molecule has 1 amide bonds. The Balaban J connectivity index is 1.81. The zero-order valence-electron chi connectivity index (χ0n) is 14.4. The average molecular weight is 328 g/mol. The molecule has 2 heterocycles. The van der Waals surface area contributed by atoms with Crippen LogP contribution in [0.4, 0.5) is 5.69 Å². The quantitative estimate of drug-likeness (QED) is 0.873. The van der Waals surface area contributed by atoms with E-state index in [1.807, 2.05) is 17.0 Å². The van der Waals surface area contributed by atoms with Crippen LogP contribution in [0, 0.1) is 11.8 Å². The third kappa shape index (κ3) is 3.25. The standard InChI is InChI=1S/C19H24N2O3/c1-12-8-13(2)11-21(10-12)19(22)18-7-6-17(24-18)15-5-4-14(23-3)9-16(15)20/h4-7,9,12-13H,8,10-11,20H2,1-3H3/t12-,13-/m1/s1. The maximum absolute atomic E-state index is 12.7. The van der Waals surface area contributed by atoms with Crippen LogP contribution in [0.2, 0.25) is 0 Å². The first kappa shape index (κ1) is 16.4. The number of rotatable bonds is 3. The fourth-order valence-electron chi connectivity index (χ4n) is 3.47. The predicted molar refractivity (Wildman–Crippen MR) is 94.0 cm³/mol. The molecule has 24 heavy (non-hydrogen) atoms. The number of methoxy groups -OCH3 is 1. The van der Waals surface area contributed by atoms with Gasteiger partial charge in [-0.25, -0.2) is 0 Å². The fraction of sp³-hybridized carbons (Fsp3) is 0.421. The fourth-order valence-corrected chi connectivity index (χ4v) is 3.47. The topological polar surface area (TPSA) is 68.7 Å². The molecule has 2 aromatic rings. The number of piperidine rings is 1. The summed E-state index contributed by atoms with van der Waals surface area (Å²) in [6, 6.07) is 8.93. The summed E-state index contributed by atoms with van der Waals surface area (Å²) in [5, 5.41) is 0. The van der Waals surface area contributed by atoms with Gasteiger partial charge in [-0.2, -0.15) is 0 Å². The number of hydrogen-bond donors (Lipinski definition) is 1. The first-order valence-electron chi connectivity index (χ1n) is 8.31. The SMILES string of the molecule is COc1ccc(-c2ccc(C(=O)N3C[C@H](C)C[C@@H](C)C3)o2)c(N)c1. The van der Waals surface area contributed by atoms with Gasteiger partial charge in [-0.05, 0) is 42.5 Å². The van der Waals surface area contributed by atoms with Gasteiger partial charge in [0, 0.05) is 30.4 Å². The number of likely N-dealkylation sites (tertiary alicyclic amines) is 1. The molecule has 1 saturated heterocycles. The molecule has 5 heteroatoms. The highest BCUT2D eigenvalue weighted by Gasteiger charge is 2.28. The number of nitrogen functional groups attached to an aromatic ring is 1. The zero-order chi connectivity index (χ0) is 17.3. The van der Waals surface area contributed by atoms with E-state index >= 15 is 0 Å². The molecule has 0 aliphatic carbocycles. The Morgan fingerprint density at radius 2 is 1.92 bits per heavy atom. The van der Waals surface area contributed by atoms with Crippen molar-refractivity contribution < 1.29 is 13.9 Å². The van der Waals surface area contributed by atoms with Crippen LogP contribution >= 0.6 is 0 Å². The van der Waals surface area contributed by atoms with Crippen molar-refractivity contribution in [2.45, 2.75) is 20.3 Å². The van der Waals surface area contributed by atoms with Crippen LogP contribution in [-0.4, -0.2) is 31.0 Å². The Kier molecular flexibility index (Phi) is 4.51. The minimum absolute atomic E-state index is 0.0493. The molecule has 2 N–H and O–H groups in total. The Labute approximate surface area is 142 Å². The Morgan fingerprint density at radius 3 is 2.54 bits per heavy atom. The van der Waals surface area contributed by atoms with Crippen molar-refractivity contribution in [2.75, 3.05) is 25.9 Å². The van der Waals surface area contributed by atoms with E-state index in [2.05, 4.69) is 13.8 Å². The summed E-state index contributed by atoms with van der Waals surface area (Å²) in [7, 11) is 1.60. The van der Waals surface area contributed by atoms with Gasteiger partial charge in [0.05, 0.1) is 7.11 Å². The van der Waals surface area contributed by atoms with Gasteiger partial charge in [-0.3, -0.25) is 4.79 Å². The van der Waals surface area contributed by atoms with Crippen LogP contribution in [0.25, 0.3) is 11.3 Å². The lowest BCUT2D eigenvalue weighted by Crippen LogP contribution is -2.42. The summed E-state index contributed by atoms with van der Waals surface area (Å²) in [4.78, 5) is 14.6. The maximum atomic E-state index is 12.7. The molecule has 0 unspecified atom stereocenters. The minimum Gasteiger partial charge on any atom is -0.497 e. The number of carbonyl (C=O) groups is 1. The third-order valence-corrected chi connectivity index (χ3v) is 4.50. The summed E-state index contributed by atoms with van der Waals surface area (Å²) >= 11 is 0. The van der Waals surface area contributed by atoms with E-state index in [-0.39, 0.29) is 5.91 Å². The van der Waals surface area contributed by atoms with Crippen LogP contribution < -0.4 is 10.5 Å². The minimum atomic E-state index is -0.0493. The highest BCUT2D eigenvalue weighted by molar-refractivity contribution is 5.92. The summed E-state index contributed by atoms with van der Waals surface area (Å²) in [6.45, 7) is 5.93. The number of anilines is 1. The molecule has 1 aliphatic heterocycles. The second-order valence-electron chi connectivity index (χ2n) is 6.77. The number of carbonyl (C=O) groups excluding carboxylic acids is 1. The predicted octanol–water partition coefficient (Wildman–Crippen LogP) is 3.66. The number of nitrogens with zero attached hydrogens (tertiary/aromatic N) is 1. The van der Waals surface area contributed by atoms with E-state index in [4.69, 9.17) is 14.9 Å². The van der Waals surface area contributed by atoms with E-state index < -0.39 is 0 Å². The second kappa shape index (κ2) is 6.59. The van der Waals surface area contributed by atoms with E-state index in [1.165, 1.54) is 0 Å². The molecule has 0 bridgehead atoms. The molecule has 3 rings (SSSR count). The molecule has 1 fully saturated rings. The lowest BCUT2D eigenvalue weighted by molar-refractivity contribution is 0.0592. The lowest BCUT2D eigenvalue weighted by atomic mass is 9.92. The molecule has 0 radical (unpaired) electrons. The van der Waals surface area contributed by atoms with Crippen molar-refractivity contribution in [1.29, 1.82) is 0 Å². The van der Waals surface area contributed by atoms with E-state index in [0.29, 0.717) is 34.8 Å². The van der Waals surface area contributed by atoms with Gasteiger partial charge < -0.3 is 19.8 Å². The zero-order valence-corrected chi connectivity index (χ0v) is 14.4. The molecule has 2 atom stereocenters. The van der Waals surface area contributed by atoms with Crippen molar-refractivity contribution in [2.24, 2.45) is 11.8 Å². The Morgan fingerprint density at radius 1 is 1.21 bits per heavy atom. The van der Waals surface area contributed by atoms with Gasteiger partial charge in [0.15, 0.2) is 5.76 Å². The van der Waals surface area contributed by atoms with Crippen LogP contribution in [0.5, 0.6) is 5.75 Å². The van der Waals surface area contributed by atoms with Crippen LogP contribution in [-0.2, 0) is 0 Å². The Hall–Kier alpha value is -2.43. The molecular weight excluding hydrogens is 304 g/mol. The van der Waals surface area contributed by atoms with Gasteiger partial charge in [0.25, 0.3) is 5.91 Å². The normalized spacial score (nSPS) is 20.9. The molecule has 0 saturated carbocycles. The number of hydrogen-bond acceptors (Lipinski definition) is 4. The van der Waals surface area contributed by atoms with E-state index in [9.17, 15) is 4.79 Å². The van der Waals surface area contributed by atoms with Gasteiger partial charge in [-0.1, -0.05) is 13.8 Å². The highest BCUT2D eigenvalue weighted by atomic mass is 16.5. The average Bonchev–Trinajstić information content (AvgIpc) is 3.02. The monoisotopic (exact) mass is 328 g/mol. The van der Waals surface area contributed by atoms with Crippen LogP contribution in [0.15, 0.2) is 34.7 Å². The first-order valence-corrected chi connectivity index (χ1v) is 8.31. The maximum Gasteiger partial charge on any atom is 0.289 e. The number of furan rings is 1. The summed E-state index contributed by atoms with van der Waals surface area (Å²) in [5.74, 6) is 2.63. The lowest BCUT2D eigenvalue weighted by Gasteiger charge is -2.34. The van der Waals surface area contributed by atoms with Gasteiger partial charge in [0.2, 0.25) is 0 Å². The molecule has 5 nitrogen and oxygen atoms in total. The molecule has 128 valence electrons. The van der Waals surface area contributed by atoms with Gasteiger partial charge in [0.1, 0.15) is 11.5 Å². The van der Waals surface area contributed by atoms with Crippen LogP contribution in [0.1, 0.15) is 30.8 Å². The van der Waals surface area contributed by atoms with Crippen molar-refractivity contribution in [3.63, 3.8) is 0 Å². The molecule has 1 aromatic heterocycles. The summed E-state index contributed by atoms with van der Waals surface area (Å²) < 4.78 is 11.0. The van der Waals surface area contributed by atoms with Gasteiger partial charge in [-0.15, -0.1) is 0 Å². The number of benzene rings is 1. The first-order chi connectivity index (χ1) is 11.5. The van der Waals surface area contributed by atoms with E-state index in [1.54, 1.807) is 25.3 Å². The molecule has 1 aromatic carbocycles. The van der Waals surface area contributed by atoms with Crippen LogP contribution in [0.3, 0.4) is 0 Å². The number of ether oxygens (including phenoxy) is 1. The molecular formula is C19H24N2O3. The largest absolute Gasteiger partial charge is 0.497 e. The highest BCUT2D eigenvalue weighted by Crippen LogP contribution is 2.31. The second-order valence-corrected chi connectivity index (χ2v) is 6.77. The number of nitrogens with two attached hydrogens (primary N) is 1. The van der Waals surface area contributed by atoms with Crippen molar-refractivity contribution >= 4 is 11.6 Å². The van der Waals surface area contributed by atoms with Gasteiger partial charge >= 0.3 is 0 Å².